The molecule has 0 saturated carbocycles. The summed E-state index contributed by atoms with van der Waals surface area (Å²) in [6.07, 6.45) is 1.55. The molecule has 1 aliphatic rings. The van der Waals surface area contributed by atoms with Gasteiger partial charge < -0.3 is 20.3 Å². The van der Waals surface area contributed by atoms with Crippen molar-refractivity contribution in [3.05, 3.63) is 70.4 Å². The summed E-state index contributed by atoms with van der Waals surface area (Å²) in [5.41, 5.74) is 3.59. The monoisotopic (exact) mass is 493 g/mol. The van der Waals surface area contributed by atoms with Gasteiger partial charge in [0.25, 0.3) is 5.91 Å². The van der Waals surface area contributed by atoms with Crippen molar-refractivity contribution >= 4 is 29.4 Å². The summed E-state index contributed by atoms with van der Waals surface area (Å²) in [7, 11) is 1.60. The van der Waals surface area contributed by atoms with Crippen LogP contribution in [0, 0.1) is 0 Å². The van der Waals surface area contributed by atoms with Crippen LogP contribution in [-0.4, -0.2) is 46.4 Å². The first-order valence-electron chi connectivity index (χ1n) is 11.4. The van der Waals surface area contributed by atoms with Gasteiger partial charge in [-0.3, -0.25) is 9.59 Å². The molecule has 0 bridgehead atoms. The summed E-state index contributed by atoms with van der Waals surface area (Å²) in [4.78, 5) is 36.1. The van der Waals surface area contributed by atoms with Crippen molar-refractivity contribution in [2.75, 3.05) is 19.0 Å². The second-order valence-electron chi connectivity index (χ2n) is 8.79. The molecule has 2 heterocycles. The predicted octanol–water partition coefficient (Wildman–Crippen LogP) is 4.46. The van der Waals surface area contributed by atoms with E-state index >= 15 is 0 Å². The number of fused-ring (bicyclic) bond motifs is 1. The molecule has 3 aromatic rings. The number of carbonyl (C=O) groups excluding carboxylic acids is 2. The van der Waals surface area contributed by atoms with Gasteiger partial charge in [0.15, 0.2) is 0 Å². The second kappa shape index (κ2) is 10.3. The molecule has 0 unspecified atom stereocenters. The Bertz CT molecular complexity index is 1260. The first-order chi connectivity index (χ1) is 16.7. The summed E-state index contributed by atoms with van der Waals surface area (Å²) in [5.74, 6) is 0.761. The summed E-state index contributed by atoms with van der Waals surface area (Å²) in [6.45, 7) is 6.22. The smallest absolute Gasteiger partial charge is 0.254 e. The van der Waals surface area contributed by atoms with Crippen LogP contribution < -0.4 is 15.4 Å². The standard InChI is InChI=1S/C26H28ClN5O3/c1-15(2)29-26-28-12-22(27)24(31-26)18-8-9-19-13-32(25(34)21(19)11-18)14-23(33)30-16(3)17-6-5-7-20(10-17)35-4/h5-12,15-16H,13-14H2,1-4H3,(H,30,33)(H,28,29,31)/t16-/m1/s1. The van der Waals surface area contributed by atoms with Crippen LogP contribution in [0.3, 0.4) is 0 Å². The third kappa shape index (κ3) is 5.54. The number of rotatable bonds is 8. The van der Waals surface area contributed by atoms with Crippen LogP contribution in [0.1, 0.15) is 48.3 Å². The van der Waals surface area contributed by atoms with E-state index in [1.165, 1.54) is 4.90 Å². The topological polar surface area (TPSA) is 96.4 Å². The number of nitrogens with one attached hydrogen (secondary N) is 2. The third-order valence-electron chi connectivity index (χ3n) is 5.73. The normalized spacial score (nSPS) is 13.5. The zero-order valence-corrected chi connectivity index (χ0v) is 20.9. The maximum Gasteiger partial charge on any atom is 0.254 e. The first-order valence-corrected chi connectivity index (χ1v) is 11.8. The highest BCUT2D eigenvalue weighted by atomic mass is 35.5. The molecule has 0 spiro atoms. The number of hydrogen-bond acceptors (Lipinski definition) is 6. The van der Waals surface area contributed by atoms with Crippen molar-refractivity contribution in [3.8, 4) is 17.0 Å². The number of ether oxygens (including phenoxy) is 1. The molecule has 8 nitrogen and oxygen atoms in total. The number of methoxy groups -OCH3 is 1. The fourth-order valence-corrected chi connectivity index (χ4v) is 4.19. The third-order valence-corrected chi connectivity index (χ3v) is 6.01. The Labute approximate surface area is 209 Å². The van der Waals surface area contributed by atoms with E-state index in [0.717, 1.165) is 16.9 Å². The lowest BCUT2D eigenvalue weighted by Crippen LogP contribution is -2.38. The van der Waals surface area contributed by atoms with Crippen molar-refractivity contribution in [2.24, 2.45) is 0 Å². The van der Waals surface area contributed by atoms with E-state index in [-0.39, 0.29) is 30.4 Å². The molecule has 0 aliphatic carbocycles. The molecule has 2 amide bonds. The van der Waals surface area contributed by atoms with Gasteiger partial charge >= 0.3 is 0 Å². The number of anilines is 1. The molecule has 0 radical (unpaired) electrons. The Balaban J connectivity index is 1.46. The number of amides is 2. The van der Waals surface area contributed by atoms with Gasteiger partial charge in [0.05, 0.1) is 30.1 Å². The Morgan fingerprint density at radius 3 is 2.74 bits per heavy atom. The molecule has 4 rings (SSSR count). The quantitative estimate of drug-likeness (QED) is 0.481. The lowest BCUT2D eigenvalue weighted by Gasteiger charge is -2.19. The number of aromatic nitrogens is 2. The molecule has 1 atom stereocenters. The van der Waals surface area contributed by atoms with Crippen LogP contribution in [0.2, 0.25) is 5.02 Å². The minimum absolute atomic E-state index is 0.0339. The van der Waals surface area contributed by atoms with E-state index in [9.17, 15) is 9.59 Å². The number of nitrogens with zero attached hydrogens (tertiary/aromatic N) is 3. The molecular weight excluding hydrogens is 466 g/mol. The van der Waals surface area contributed by atoms with E-state index < -0.39 is 0 Å². The van der Waals surface area contributed by atoms with Gasteiger partial charge in [-0.25, -0.2) is 9.97 Å². The Kier molecular flexibility index (Phi) is 7.21. The van der Waals surface area contributed by atoms with Crippen LogP contribution >= 0.6 is 11.6 Å². The van der Waals surface area contributed by atoms with E-state index in [0.29, 0.717) is 34.3 Å². The predicted molar refractivity (Wildman–Crippen MR) is 136 cm³/mol. The molecule has 1 aromatic heterocycles. The Morgan fingerprint density at radius 1 is 1.20 bits per heavy atom. The van der Waals surface area contributed by atoms with E-state index in [1.807, 2.05) is 57.2 Å². The van der Waals surface area contributed by atoms with Crippen molar-refractivity contribution < 1.29 is 14.3 Å². The highest BCUT2D eigenvalue weighted by molar-refractivity contribution is 6.33. The van der Waals surface area contributed by atoms with Gasteiger partial charge in [-0.2, -0.15) is 0 Å². The maximum atomic E-state index is 13.1. The van der Waals surface area contributed by atoms with Crippen LogP contribution in [0.5, 0.6) is 5.75 Å². The lowest BCUT2D eigenvalue weighted by atomic mass is 10.0. The first kappa shape index (κ1) is 24.5. The Hall–Kier alpha value is -3.65. The average Bonchev–Trinajstić information content (AvgIpc) is 3.14. The van der Waals surface area contributed by atoms with Gasteiger partial charge in [0.2, 0.25) is 11.9 Å². The fourth-order valence-electron chi connectivity index (χ4n) is 3.99. The number of benzene rings is 2. The van der Waals surface area contributed by atoms with E-state index in [2.05, 4.69) is 20.6 Å². The van der Waals surface area contributed by atoms with E-state index in [1.54, 1.807) is 19.4 Å². The van der Waals surface area contributed by atoms with Gasteiger partial charge in [0.1, 0.15) is 12.3 Å². The zero-order chi connectivity index (χ0) is 25.1. The van der Waals surface area contributed by atoms with Crippen LogP contribution in [0.15, 0.2) is 48.7 Å². The Morgan fingerprint density at radius 2 is 2.00 bits per heavy atom. The highest BCUT2D eigenvalue weighted by Crippen LogP contribution is 2.31. The molecule has 182 valence electrons. The summed E-state index contributed by atoms with van der Waals surface area (Å²) in [6, 6.07) is 13.0. The molecule has 35 heavy (non-hydrogen) atoms. The SMILES string of the molecule is COc1cccc([C@@H](C)NC(=O)CN2Cc3ccc(-c4nc(NC(C)C)ncc4Cl)cc3C2=O)c1. The molecule has 2 aromatic carbocycles. The molecule has 9 heteroatoms. The minimum atomic E-state index is -0.232. The highest BCUT2D eigenvalue weighted by Gasteiger charge is 2.30. The fraction of sp³-hybridized carbons (Fsp3) is 0.308. The minimum Gasteiger partial charge on any atom is -0.497 e. The molecule has 2 N–H and O–H groups in total. The number of carbonyl (C=O) groups is 2. The van der Waals surface area contributed by atoms with Crippen molar-refractivity contribution in [3.63, 3.8) is 0 Å². The van der Waals surface area contributed by atoms with E-state index in [4.69, 9.17) is 16.3 Å². The van der Waals surface area contributed by atoms with Crippen molar-refractivity contribution in [1.29, 1.82) is 0 Å². The van der Waals surface area contributed by atoms with Crippen molar-refractivity contribution in [1.82, 2.24) is 20.2 Å². The van der Waals surface area contributed by atoms with Crippen LogP contribution in [0.25, 0.3) is 11.3 Å². The summed E-state index contributed by atoms with van der Waals surface area (Å²) in [5, 5.41) is 6.51. The van der Waals surface area contributed by atoms with Gasteiger partial charge in [-0.15, -0.1) is 0 Å². The van der Waals surface area contributed by atoms with Gasteiger partial charge in [-0.05, 0) is 50.1 Å². The van der Waals surface area contributed by atoms with Gasteiger partial charge in [-0.1, -0.05) is 35.9 Å². The van der Waals surface area contributed by atoms with Crippen LogP contribution in [0.4, 0.5) is 5.95 Å². The average molecular weight is 494 g/mol. The van der Waals surface area contributed by atoms with Crippen molar-refractivity contribution in [2.45, 2.75) is 39.4 Å². The van der Waals surface area contributed by atoms with Crippen LogP contribution in [-0.2, 0) is 11.3 Å². The molecule has 0 saturated heterocycles. The number of hydrogen-bond donors (Lipinski definition) is 2. The maximum absolute atomic E-state index is 13.1. The number of halogens is 1. The van der Waals surface area contributed by atoms with Gasteiger partial charge in [0, 0.05) is 23.7 Å². The molecule has 1 aliphatic heterocycles. The zero-order valence-electron chi connectivity index (χ0n) is 20.1. The summed E-state index contributed by atoms with van der Waals surface area (Å²) >= 11 is 6.36. The summed E-state index contributed by atoms with van der Waals surface area (Å²) < 4.78 is 5.25. The second-order valence-corrected chi connectivity index (χ2v) is 9.20. The molecule has 0 fully saturated rings. The lowest BCUT2D eigenvalue weighted by molar-refractivity contribution is -0.122. The molecular formula is C26H28ClN5O3. The largest absolute Gasteiger partial charge is 0.497 e.